The van der Waals surface area contributed by atoms with Crippen LogP contribution in [0.15, 0.2) is 47.4 Å². The molecule has 2 aromatic rings. The van der Waals surface area contributed by atoms with Gasteiger partial charge in [-0.2, -0.15) is 0 Å². The molecule has 6 nitrogen and oxygen atoms in total. The summed E-state index contributed by atoms with van der Waals surface area (Å²) >= 11 is 0. The van der Waals surface area contributed by atoms with Gasteiger partial charge in [-0.3, -0.25) is 9.10 Å². The third kappa shape index (κ3) is 5.73. The van der Waals surface area contributed by atoms with E-state index in [0.29, 0.717) is 11.4 Å². The number of hydrogen-bond acceptors (Lipinski definition) is 4. The van der Waals surface area contributed by atoms with E-state index in [-0.39, 0.29) is 23.4 Å². The normalized spacial score (nSPS) is 12.3. The summed E-state index contributed by atoms with van der Waals surface area (Å²) < 4.78 is 33.4. The number of nitrogens with one attached hydrogen (secondary N) is 1. The van der Waals surface area contributed by atoms with Crippen molar-refractivity contribution in [1.29, 1.82) is 0 Å². The van der Waals surface area contributed by atoms with Crippen molar-refractivity contribution in [3.63, 3.8) is 0 Å². The second kappa shape index (κ2) is 9.78. The van der Waals surface area contributed by atoms with Gasteiger partial charge in [0.25, 0.3) is 10.0 Å². The first kappa shape index (κ1) is 22.7. The largest absolute Gasteiger partial charge is 0.495 e. The smallest absolute Gasteiger partial charge is 0.264 e. The molecule has 7 heteroatoms. The zero-order chi connectivity index (χ0) is 21.6. The van der Waals surface area contributed by atoms with Gasteiger partial charge in [-0.1, -0.05) is 37.1 Å². The Kier molecular flexibility index (Phi) is 7.67. The maximum absolute atomic E-state index is 13.5. The summed E-state index contributed by atoms with van der Waals surface area (Å²) in [6.07, 6.45) is 1.75. The fourth-order valence-electron chi connectivity index (χ4n) is 3.09. The van der Waals surface area contributed by atoms with Gasteiger partial charge in [0.15, 0.2) is 0 Å². The van der Waals surface area contributed by atoms with Crippen LogP contribution in [-0.2, 0) is 14.8 Å². The number of methoxy groups -OCH3 is 1. The molecule has 0 saturated heterocycles. The number of anilines is 1. The highest BCUT2D eigenvalue weighted by Gasteiger charge is 2.29. The van der Waals surface area contributed by atoms with Gasteiger partial charge in [0.05, 0.1) is 17.7 Å². The molecule has 0 unspecified atom stereocenters. The van der Waals surface area contributed by atoms with Gasteiger partial charge in [-0.15, -0.1) is 0 Å². The highest BCUT2D eigenvalue weighted by Crippen LogP contribution is 2.33. The van der Waals surface area contributed by atoms with E-state index in [9.17, 15) is 13.2 Å². The molecule has 158 valence electrons. The van der Waals surface area contributed by atoms with E-state index in [4.69, 9.17) is 4.74 Å². The minimum absolute atomic E-state index is 0.0316. The Labute approximate surface area is 173 Å². The number of ether oxygens (including phenoxy) is 1. The third-order valence-corrected chi connectivity index (χ3v) is 6.40. The van der Waals surface area contributed by atoms with Crippen LogP contribution >= 0.6 is 0 Å². The summed E-state index contributed by atoms with van der Waals surface area (Å²) in [6, 6.07) is 11.8. The summed E-state index contributed by atoms with van der Waals surface area (Å²) in [4.78, 5) is 12.8. The number of carbonyl (C=O) groups excluding carboxylic acids is 1. The molecule has 0 radical (unpaired) electrons. The SMILES string of the molecule is CCC[C@@H](C)NC(=O)CN(c1cc(C)ccc1OC)S(=O)(=O)c1ccc(C)cc1. The highest BCUT2D eigenvalue weighted by atomic mass is 32.2. The molecule has 29 heavy (non-hydrogen) atoms. The summed E-state index contributed by atoms with van der Waals surface area (Å²) in [6.45, 7) is 7.37. The van der Waals surface area contributed by atoms with E-state index >= 15 is 0 Å². The number of amides is 1. The van der Waals surface area contributed by atoms with E-state index in [1.807, 2.05) is 33.8 Å². The van der Waals surface area contributed by atoms with Crippen molar-refractivity contribution < 1.29 is 17.9 Å². The van der Waals surface area contributed by atoms with Gasteiger partial charge < -0.3 is 10.1 Å². The first-order chi connectivity index (χ1) is 13.7. The molecule has 0 aromatic heterocycles. The summed E-state index contributed by atoms with van der Waals surface area (Å²) in [5.74, 6) is 0.0332. The van der Waals surface area contributed by atoms with Crippen LogP contribution in [0, 0.1) is 13.8 Å². The Bertz CT molecular complexity index is 940. The Morgan fingerprint density at radius 2 is 1.72 bits per heavy atom. The number of sulfonamides is 1. The molecule has 1 amide bonds. The Balaban J connectivity index is 2.50. The summed E-state index contributed by atoms with van der Waals surface area (Å²) in [7, 11) is -2.49. The zero-order valence-corrected chi connectivity index (χ0v) is 18.5. The minimum atomic E-state index is -3.97. The zero-order valence-electron chi connectivity index (χ0n) is 17.7. The monoisotopic (exact) mass is 418 g/mol. The van der Waals surface area contributed by atoms with Crippen molar-refractivity contribution in [2.75, 3.05) is 18.0 Å². The third-order valence-electron chi connectivity index (χ3n) is 4.63. The number of benzene rings is 2. The van der Waals surface area contributed by atoms with Crippen molar-refractivity contribution >= 4 is 21.6 Å². The molecule has 2 aromatic carbocycles. The van der Waals surface area contributed by atoms with E-state index in [1.54, 1.807) is 36.4 Å². The molecule has 0 bridgehead atoms. The highest BCUT2D eigenvalue weighted by molar-refractivity contribution is 7.92. The van der Waals surface area contributed by atoms with Crippen molar-refractivity contribution in [1.82, 2.24) is 5.32 Å². The van der Waals surface area contributed by atoms with Crippen LogP contribution in [0.3, 0.4) is 0 Å². The lowest BCUT2D eigenvalue weighted by molar-refractivity contribution is -0.120. The van der Waals surface area contributed by atoms with E-state index in [0.717, 1.165) is 28.3 Å². The Morgan fingerprint density at radius 3 is 2.31 bits per heavy atom. The number of aryl methyl sites for hydroxylation is 2. The molecule has 0 fully saturated rings. The average molecular weight is 419 g/mol. The van der Waals surface area contributed by atoms with Gasteiger partial charge >= 0.3 is 0 Å². The van der Waals surface area contributed by atoms with Gasteiger partial charge in [-0.05, 0) is 57.0 Å². The predicted octanol–water partition coefficient (Wildman–Crippen LogP) is 3.81. The van der Waals surface area contributed by atoms with Gasteiger partial charge in [-0.25, -0.2) is 8.42 Å². The van der Waals surface area contributed by atoms with Crippen molar-refractivity contribution in [3.8, 4) is 5.75 Å². The van der Waals surface area contributed by atoms with E-state index in [1.165, 1.54) is 7.11 Å². The fourth-order valence-corrected chi connectivity index (χ4v) is 4.51. The van der Waals surface area contributed by atoms with Crippen LogP contribution in [0.2, 0.25) is 0 Å². The molecular formula is C22H30N2O4S. The van der Waals surface area contributed by atoms with Crippen molar-refractivity contribution in [2.24, 2.45) is 0 Å². The first-order valence-corrected chi connectivity index (χ1v) is 11.2. The molecule has 0 heterocycles. The van der Waals surface area contributed by atoms with Crippen molar-refractivity contribution in [3.05, 3.63) is 53.6 Å². The molecule has 2 rings (SSSR count). The second-order valence-corrected chi connectivity index (χ2v) is 9.12. The number of hydrogen-bond donors (Lipinski definition) is 1. The Hall–Kier alpha value is -2.54. The molecule has 0 spiro atoms. The molecule has 0 saturated carbocycles. The number of rotatable bonds is 9. The van der Waals surface area contributed by atoms with E-state index in [2.05, 4.69) is 5.32 Å². The van der Waals surface area contributed by atoms with Gasteiger partial charge in [0, 0.05) is 6.04 Å². The quantitative estimate of drug-likeness (QED) is 0.672. The first-order valence-electron chi connectivity index (χ1n) is 9.72. The van der Waals surface area contributed by atoms with Gasteiger partial charge in [0.2, 0.25) is 5.91 Å². The molecule has 0 aliphatic rings. The number of nitrogens with zero attached hydrogens (tertiary/aromatic N) is 1. The van der Waals surface area contributed by atoms with Crippen LogP contribution in [0.5, 0.6) is 5.75 Å². The van der Waals surface area contributed by atoms with Crippen LogP contribution in [0.1, 0.15) is 37.8 Å². The number of carbonyl (C=O) groups is 1. The van der Waals surface area contributed by atoms with Crippen LogP contribution in [0.4, 0.5) is 5.69 Å². The van der Waals surface area contributed by atoms with E-state index < -0.39 is 10.0 Å². The molecule has 0 aliphatic heterocycles. The molecule has 1 atom stereocenters. The lowest BCUT2D eigenvalue weighted by Crippen LogP contribution is -2.43. The summed E-state index contributed by atoms with van der Waals surface area (Å²) in [5, 5.41) is 2.88. The topological polar surface area (TPSA) is 75.7 Å². The molecular weight excluding hydrogens is 388 g/mol. The molecule has 0 aliphatic carbocycles. The van der Waals surface area contributed by atoms with Crippen LogP contribution in [-0.4, -0.2) is 34.0 Å². The molecule has 1 N–H and O–H groups in total. The maximum Gasteiger partial charge on any atom is 0.264 e. The standard InChI is InChI=1S/C22H30N2O4S/c1-6-7-18(4)23-22(25)15-24(20-14-17(3)10-13-21(20)28-5)29(26,27)19-11-8-16(2)9-12-19/h8-14,18H,6-7,15H2,1-5H3,(H,23,25)/t18-/m1/s1. The maximum atomic E-state index is 13.5. The Morgan fingerprint density at radius 1 is 1.10 bits per heavy atom. The second-order valence-electron chi connectivity index (χ2n) is 7.26. The van der Waals surface area contributed by atoms with Crippen LogP contribution in [0.25, 0.3) is 0 Å². The van der Waals surface area contributed by atoms with Crippen molar-refractivity contribution in [2.45, 2.75) is 51.5 Å². The minimum Gasteiger partial charge on any atom is -0.495 e. The lowest BCUT2D eigenvalue weighted by Gasteiger charge is -2.26. The predicted molar refractivity (Wildman–Crippen MR) is 116 cm³/mol. The van der Waals surface area contributed by atoms with Gasteiger partial charge in [0.1, 0.15) is 12.3 Å². The van der Waals surface area contributed by atoms with Crippen LogP contribution < -0.4 is 14.4 Å². The average Bonchev–Trinajstić information content (AvgIpc) is 2.66. The lowest BCUT2D eigenvalue weighted by atomic mass is 10.2. The fraction of sp³-hybridized carbons (Fsp3) is 0.409. The summed E-state index contributed by atoms with van der Waals surface area (Å²) in [5.41, 5.74) is 2.16.